The second-order valence-corrected chi connectivity index (χ2v) is 4.84. The summed E-state index contributed by atoms with van der Waals surface area (Å²) in [6.45, 7) is 6.99. The standard InChI is InChI=1S/C13H22FN3O2/c1-5-7-15-12-16-9-10(14)11(17-12)19-8-6-13(2,3)18-4/h9H,5-8H2,1-4H3,(H,15,16,17). The maximum absolute atomic E-state index is 13.5. The van der Waals surface area contributed by atoms with Crippen molar-refractivity contribution in [3.8, 4) is 5.88 Å². The molecule has 0 aliphatic heterocycles. The van der Waals surface area contributed by atoms with Crippen molar-refractivity contribution in [2.24, 2.45) is 0 Å². The fraction of sp³-hybridized carbons (Fsp3) is 0.692. The van der Waals surface area contributed by atoms with Gasteiger partial charge in [0.2, 0.25) is 11.8 Å². The Morgan fingerprint density at radius 2 is 2.16 bits per heavy atom. The number of methoxy groups -OCH3 is 1. The molecule has 0 aliphatic carbocycles. The van der Waals surface area contributed by atoms with Gasteiger partial charge in [-0.1, -0.05) is 6.92 Å². The molecule has 0 atom stereocenters. The average molecular weight is 271 g/mol. The monoisotopic (exact) mass is 271 g/mol. The molecular weight excluding hydrogens is 249 g/mol. The molecule has 0 saturated heterocycles. The van der Waals surface area contributed by atoms with Gasteiger partial charge >= 0.3 is 0 Å². The first kappa shape index (κ1) is 15.6. The zero-order chi connectivity index (χ0) is 14.3. The van der Waals surface area contributed by atoms with Crippen molar-refractivity contribution in [2.75, 3.05) is 25.6 Å². The summed E-state index contributed by atoms with van der Waals surface area (Å²) in [5.41, 5.74) is -0.299. The van der Waals surface area contributed by atoms with Crippen molar-refractivity contribution >= 4 is 5.95 Å². The van der Waals surface area contributed by atoms with Crippen LogP contribution in [-0.4, -0.2) is 35.8 Å². The van der Waals surface area contributed by atoms with E-state index in [1.807, 2.05) is 20.8 Å². The highest BCUT2D eigenvalue weighted by molar-refractivity contribution is 5.28. The van der Waals surface area contributed by atoms with Gasteiger partial charge in [0.1, 0.15) is 0 Å². The Balaban J connectivity index is 2.57. The van der Waals surface area contributed by atoms with E-state index < -0.39 is 5.82 Å². The highest BCUT2D eigenvalue weighted by Crippen LogP contribution is 2.17. The maximum Gasteiger partial charge on any atom is 0.255 e. The summed E-state index contributed by atoms with van der Waals surface area (Å²) in [5.74, 6) is -0.206. The molecule has 0 bridgehead atoms. The fourth-order valence-electron chi connectivity index (χ4n) is 1.27. The van der Waals surface area contributed by atoms with Crippen LogP contribution in [0.3, 0.4) is 0 Å². The number of rotatable bonds is 8. The molecule has 1 rings (SSSR count). The molecule has 19 heavy (non-hydrogen) atoms. The molecule has 5 nitrogen and oxygen atoms in total. The Bertz CT molecular complexity index is 399. The molecule has 108 valence electrons. The maximum atomic E-state index is 13.5. The zero-order valence-corrected chi connectivity index (χ0v) is 12.0. The molecule has 1 N–H and O–H groups in total. The molecule has 0 aliphatic rings. The first-order valence-corrected chi connectivity index (χ1v) is 6.43. The third-order valence-electron chi connectivity index (χ3n) is 2.74. The van der Waals surface area contributed by atoms with Crippen molar-refractivity contribution in [1.82, 2.24) is 9.97 Å². The number of ether oxygens (including phenoxy) is 2. The number of hydrogen-bond donors (Lipinski definition) is 1. The van der Waals surface area contributed by atoms with E-state index in [9.17, 15) is 4.39 Å². The van der Waals surface area contributed by atoms with Crippen LogP contribution in [0.1, 0.15) is 33.6 Å². The molecule has 0 amide bonds. The number of halogens is 1. The van der Waals surface area contributed by atoms with Crippen LogP contribution in [0.5, 0.6) is 5.88 Å². The van der Waals surface area contributed by atoms with Crippen molar-refractivity contribution < 1.29 is 13.9 Å². The average Bonchev–Trinajstić information content (AvgIpc) is 2.39. The summed E-state index contributed by atoms with van der Waals surface area (Å²) in [6, 6.07) is 0. The SMILES string of the molecule is CCCNc1ncc(F)c(OCCC(C)(C)OC)n1. The highest BCUT2D eigenvalue weighted by Gasteiger charge is 2.17. The van der Waals surface area contributed by atoms with Crippen LogP contribution in [0.4, 0.5) is 10.3 Å². The number of nitrogens with one attached hydrogen (secondary N) is 1. The largest absolute Gasteiger partial charge is 0.475 e. The summed E-state index contributed by atoms with van der Waals surface area (Å²) in [7, 11) is 1.64. The Morgan fingerprint density at radius 1 is 1.42 bits per heavy atom. The van der Waals surface area contributed by atoms with Gasteiger partial charge in [-0.15, -0.1) is 0 Å². The van der Waals surface area contributed by atoms with Crippen molar-refractivity contribution in [3.63, 3.8) is 0 Å². The molecule has 6 heteroatoms. The highest BCUT2D eigenvalue weighted by atomic mass is 19.1. The van der Waals surface area contributed by atoms with Crippen LogP contribution in [0.25, 0.3) is 0 Å². The molecule has 1 aromatic rings. The van der Waals surface area contributed by atoms with Gasteiger partial charge in [0.25, 0.3) is 5.88 Å². The summed E-state index contributed by atoms with van der Waals surface area (Å²) in [4.78, 5) is 7.84. The number of hydrogen-bond acceptors (Lipinski definition) is 5. The quantitative estimate of drug-likeness (QED) is 0.787. The molecule has 0 unspecified atom stereocenters. The first-order chi connectivity index (χ1) is 8.98. The minimum atomic E-state index is -0.558. The first-order valence-electron chi connectivity index (χ1n) is 6.43. The van der Waals surface area contributed by atoms with Crippen molar-refractivity contribution in [1.29, 1.82) is 0 Å². The topological polar surface area (TPSA) is 56.3 Å². The van der Waals surface area contributed by atoms with Gasteiger partial charge in [0.05, 0.1) is 18.4 Å². The van der Waals surface area contributed by atoms with E-state index in [1.165, 1.54) is 0 Å². The van der Waals surface area contributed by atoms with Crippen molar-refractivity contribution in [2.45, 2.75) is 39.2 Å². The van der Waals surface area contributed by atoms with E-state index in [0.717, 1.165) is 19.2 Å². The van der Waals surface area contributed by atoms with Crippen LogP contribution in [0.15, 0.2) is 6.20 Å². The second kappa shape index (κ2) is 7.23. The van der Waals surface area contributed by atoms with Gasteiger partial charge in [-0.2, -0.15) is 9.37 Å². The van der Waals surface area contributed by atoms with Crippen LogP contribution >= 0.6 is 0 Å². The molecule has 1 heterocycles. The van der Waals surface area contributed by atoms with Gasteiger partial charge < -0.3 is 14.8 Å². The smallest absolute Gasteiger partial charge is 0.255 e. The molecule has 0 aromatic carbocycles. The van der Waals surface area contributed by atoms with Crippen LogP contribution < -0.4 is 10.1 Å². The van der Waals surface area contributed by atoms with Crippen LogP contribution in [0.2, 0.25) is 0 Å². The lowest BCUT2D eigenvalue weighted by molar-refractivity contribution is 0.00473. The van der Waals surface area contributed by atoms with E-state index in [1.54, 1.807) is 7.11 Å². The predicted molar refractivity (Wildman–Crippen MR) is 72.0 cm³/mol. The number of nitrogens with zero attached hydrogens (tertiary/aromatic N) is 2. The van der Waals surface area contributed by atoms with E-state index in [2.05, 4.69) is 15.3 Å². The Hall–Kier alpha value is -1.43. The lowest BCUT2D eigenvalue weighted by Crippen LogP contribution is -2.25. The van der Waals surface area contributed by atoms with Crippen molar-refractivity contribution in [3.05, 3.63) is 12.0 Å². The third-order valence-corrected chi connectivity index (χ3v) is 2.74. The fourth-order valence-corrected chi connectivity index (χ4v) is 1.27. The molecular formula is C13H22FN3O2. The van der Waals surface area contributed by atoms with Gasteiger partial charge in [0, 0.05) is 20.1 Å². The van der Waals surface area contributed by atoms with E-state index in [-0.39, 0.29) is 11.5 Å². The lowest BCUT2D eigenvalue weighted by Gasteiger charge is -2.22. The Morgan fingerprint density at radius 3 is 2.79 bits per heavy atom. The van der Waals surface area contributed by atoms with E-state index in [0.29, 0.717) is 19.0 Å². The summed E-state index contributed by atoms with van der Waals surface area (Å²) in [6.07, 6.45) is 2.70. The number of anilines is 1. The number of aromatic nitrogens is 2. The summed E-state index contributed by atoms with van der Waals surface area (Å²) < 4.78 is 24.1. The summed E-state index contributed by atoms with van der Waals surface area (Å²) >= 11 is 0. The minimum absolute atomic E-state index is 0.0273. The Labute approximate surface area is 113 Å². The van der Waals surface area contributed by atoms with Crippen LogP contribution in [0, 0.1) is 5.82 Å². The summed E-state index contributed by atoms with van der Waals surface area (Å²) in [5, 5.41) is 2.99. The molecule has 0 spiro atoms. The molecule has 0 radical (unpaired) electrons. The lowest BCUT2D eigenvalue weighted by atomic mass is 10.1. The molecule has 0 saturated carbocycles. The van der Waals surface area contributed by atoms with Crippen LogP contribution in [-0.2, 0) is 4.74 Å². The van der Waals surface area contributed by atoms with Gasteiger partial charge in [-0.25, -0.2) is 4.98 Å². The Kier molecular flexibility index (Phi) is 5.95. The second-order valence-electron chi connectivity index (χ2n) is 4.84. The van der Waals surface area contributed by atoms with Gasteiger partial charge in [0.15, 0.2) is 0 Å². The van der Waals surface area contributed by atoms with E-state index in [4.69, 9.17) is 9.47 Å². The minimum Gasteiger partial charge on any atom is -0.475 e. The van der Waals surface area contributed by atoms with E-state index >= 15 is 0 Å². The molecule has 1 aromatic heterocycles. The van der Waals surface area contributed by atoms with Gasteiger partial charge in [-0.3, -0.25) is 0 Å². The third kappa shape index (κ3) is 5.38. The molecule has 0 fully saturated rings. The van der Waals surface area contributed by atoms with Gasteiger partial charge in [-0.05, 0) is 20.3 Å². The predicted octanol–water partition coefficient (Wildman–Crippen LogP) is 2.63. The zero-order valence-electron chi connectivity index (χ0n) is 12.0. The normalized spacial score (nSPS) is 11.4.